The average Bonchev–Trinajstić information content (AvgIpc) is 2.22. The molecular weight excluding hydrogens is 250 g/mol. The van der Waals surface area contributed by atoms with E-state index < -0.39 is 10.0 Å². The Bertz CT molecular complexity index is 340. The van der Waals surface area contributed by atoms with Crippen molar-refractivity contribution in [2.75, 3.05) is 12.4 Å². The molecular formula is C13H27NO3S. The van der Waals surface area contributed by atoms with E-state index in [0.29, 0.717) is 30.8 Å². The molecule has 0 bridgehead atoms. The first-order valence-electron chi connectivity index (χ1n) is 6.91. The molecule has 0 spiro atoms. The van der Waals surface area contributed by atoms with Crippen LogP contribution >= 0.6 is 0 Å². The molecule has 0 radical (unpaired) electrons. The highest BCUT2D eigenvalue weighted by atomic mass is 32.2. The highest BCUT2D eigenvalue weighted by Crippen LogP contribution is 2.35. The monoisotopic (exact) mass is 277 g/mol. The zero-order chi connectivity index (χ0) is 13.8. The molecule has 4 nitrogen and oxygen atoms in total. The number of ether oxygens (including phenoxy) is 1. The predicted octanol–water partition coefficient (Wildman–Crippen LogP) is 2.14. The van der Waals surface area contributed by atoms with Gasteiger partial charge in [-0.2, -0.15) is 0 Å². The van der Waals surface area contributed by atoms with Crippen molar-refractivity contribution < 1.29 is 13.2 Å². The van der Waals surface area contributed by atoms with Crippen molar-refractivity contribution in [3.8, 4) is 0 Å². The minimum atomic E-state index is -3.35. The Labute approximate surface area is 111 Å². The molecule has 0 aromatic rings. The van der Waals surface area contributed by atoms with Crippen LogP contribution in [0, 0.1) is 17.8 Å². The lowest BCUT2D eigenvalue weighted by molar-refractivity contribution is -0.0377. The van der Waals surface area contributed by atoms with Crippen LogP contribution in [0.2, 0.25) is 0 Å². The van der Waals surface area contributed by atoms with Crippen LogP contribution in [0.5, 0.6) is 0 Å². The van der Waals surface area contributed by atoms with Crippen LogP contribution < -0.4 is 5.14 Å². The Morgan fingerprint density at radius 2 is 2.00 bits per heavy atom. The fraction of sp³-hybridized carbons (Fsp3) is 1.00. The van der Waals surface area contributed by atoms with Gasteiger partial charge in [-0.25, -0.2) is 13.6 Å². The molecule has 0 aliphatic heterocycles. The lowest BCUT2D eigenvalue weighted by Crippen LogP contribution is -2.34. The van der Waals surface area contributed by atoms with E-state index in [1.165, 1.54) is 12.8 Å². The molecule has 1 aliphatic rings. The Hall–Kier alpha value is -0.130. The Morgan fingerprint density at radius 1 is 1.33 bits per heavy atom. The van der Waals surface area contributed by atoms with E-state index in [1.54, 1.807) is 0 Å². The van der Waals surface area contributed by atoms with Crippen molar-refractivity contribution in [1.29, 1.82) is 0 Å². The molecule has 0 heterocycles. The van der Waals surface area contributed by atoms with E-state index in [2.05, 4.69) is 20.8 Å². The van der Waals surface area contributed by atoms with E-state index in [1.807, 2.05) is 0 Å². The van der Waals surface area contributed by atoms with Crippen LogP contribution in [0.4, 0.5) is 0 Å². The van der Waals surface area contributed by atoms with Crippen LogP contribution in [0.1, 0.15) is 46.5 Å². The quantitative estimate of drug-likeness (QED) is 0.756. The first-order valence-corrected chi connectivity index (χ1v) is 8.63. The van der Waals surface area contributed by atoms with E-state index in [0.717, 1.165) is 6.42 Å². The summed E-state index contributed by atoms with van der Waals surface area (Å²) >= 11 is 0. The molecule has 0 amide bonds. The van der Waals surface area contributed by atoms with E-state index in [9.17, 15) is 8.42 Å². The van der Waals surface area contributed by atoms with Crippen molar-refractivity contribution >= 4 is 10.0 Å². The molecule has 3 atom stereocenters. The molecule has 0 saturated heterocycles. The molecule has 5 heteroatoms. The predicted molar refractivity (Wildman–Crippen MR) is 73.7 cm³/mol. The van der Waals surface area contributed by atoms with Gasteiger partial charge in [-0.05, 0) is 37.0 Å². The third-order valence-electron chi connectivity index (χ3n) is 3.87. The van der Waals surface area contributed by atoms with Crippen molar-refractivity contribution in [2.45, 2.75) is 52.6 Å². The van der Waals surface area contributed by atoms with Gasteiger partial charge in [-0.3, -0.25) is 0 Å². The van der Waals surface area contributed by atoms with Gasteiger partial charge >= 0.3 is 0 Å². The molecule has 1 saturated carbocycles. The molecule has 2 N–H and O–H groups in total. The van der Waals surface area contributed by atoms with E-state index >= 15 is 0 Å². The average molecular weight is 277 g/mol. The zero-order valence-electron chi connectivity index (χ0n) is 11.8. The molecule has 1 fully saturated rings. The molecule has 18 heavy (non-hydrogen) atoms. The van der Waals surface area contributed by atoms with Gasteiger partial charge in [0.15, 0.2) is 0 Å². The van der Waals surface area contributed by atoms with Gasteiger partial charge in [-0.15, -0.1) is 0 Å². The largest absolute Gasteiger partial charge is 0.378 e. The van der Waals surface area contributed by atoms with Crippen molar-refractivity contribution in [3.63, 3.8) is 0 Å². The first-order chi connectivity index (χ1) is 8.29. The summed E-state index contributed by atoms with van der Waals surface area (Å²) in [5.74, 6) is 1.96. The Kier molecular flexibility index (Phi) is 6.08. The summed E-state index contributed by atoms with van der Waals surface area (Å²) in [5, 5.41) is 4.97. The molecule has 1 rings (SSSR count). The van der Waals surface area contributed by atoms with Gasteiger partial charge < -0.3 is 4.74 Å². The zero-order valence-corrected chi connectivity index (χ0v) is 12.6. The molecule has 1 aliphatic carbocycles. The summed E-state index contributed by atoms with van der Waals surface area (Å²) in [6.45, 7) is 7.23. The van der Waals surface area contributed by atoms with Gasteiger partial charge in [0, 0.05) is 6.61 Å². The summed E-state index contributed by atoms with van der Waals surface area (Å²) < 4.78 is 27.6. The Morgan fingerprint density at radius 3 is 2.56 bits per heavy atom. The van der Waals surface area contributed by atoms with E-state index in [-0.39, 0.29) is 11.9 Å². The minimum absolute atomic E-state index is 0.0155. The molecule has 0 aromatic carbocycles. The Balaban J connectivity index is 2.37. The molecule has 108 valence electrons. The van der Waals surface area contributed by atoms with Crippen LogP contribution in [-0.4, -0.2) is 26.9 Å². The van der Waals surface area contributed by atoms with Gasteiger partial charge in [0.25, 0.3) is 0 Å². The topological polar surface area (TPSA) is 69.4 Å². The first kappa shape index (κ1) is 15.9. The second-order valence-electron chi connectivity index (χ2n) is 5.96. The van der Waals surface area contributed by atoms with E-state index in [4.69, 9.17) is 9.88 Å². The maximum atomic E-state index is 10.8. The van der Waals surface area contributed by atoms with Gasteiger partial charge in [-0.1, -0.05) is 27.2 Å². The van der Waals surface area contributed by atoms with Crippen LogP contribution in [0.25, 0.3) is 0 Å². The third-order valence-corrected chi connectivity index (χ3v) is 4.72. The fourth-order valence-electron chi connectivity index (χ4n) is 2.80. The van der Waals surface area contributed by atoms with Crippen molar-refractivity contribution in [1.82, 2.24) is 0 Å². The number of primary sulfonamides is 1. The smallest absolute Gasteiger partial charge is 0.209 e. The van der Waals surface area contributed by atoms with Gasteiger partial charge in [0.1, 0.15) is 0 Å². The highest BCUT2D eigenvalue weighted by Gasteiger charge is 2.31. The maximum absolute atomic E-state index is 10.8. The summed E-state index contributed by atoms with van der Waals surface area (Å²) in [4.78, 5) is 0. The van der Waals surface area contributed by atoms with Crippen LogP contribution in [0.3, 0.4) is 0 Å². The lowest BCUT2D eigenvalue weighted by atomic mass is 9.75. The number of hydrogen-bond acceptors (Lipinski definition) is 3. The second-order valence-corrected chi connectivity index (χ2v) is 7.69. The highest BCUT2D eigenvalue weighted by molar-refractivity contribution is 7.89. The van der Waals surface area contributed by atoms with Crippen molar-refractivity contribution in [3.05, 3.63) is 0 Å². The van der Waals surface area contributed by atoms with Crippen LogP contribution in [0.15, 0.2) is 0 Å². The third kappa shape index (κ3) is 5.67. The lowest BCUT2D eigenvalue weighted by Gasteiger charge is -2.37. The second kappa shape index (κ2) is 6.87. The SMILES string of the molecule is CC1CCC(C(C)C)C(OCCCS(N)(=O)=O)C1. The van der Waals surface area contributed by atoms with Crippen molar-refractivity contribution in [2.24, 2.45) is 22.9 Å². The minimum Gasteiger partial charge on any atom is -0.378 e. The van der Waals surface area contributed by atoms with Gasteiger partial charge in [0.05, 0.1) is 11.9 Å². The summed E-state index contributed by atoms with van der Waals surface area (Å²) in [6, 6.07) is 0. The van der Waals surface area contributed by atoms with Crippen LogP contribution in [-0.2, 0) is 14.8 Å². The maximum Gasteiger partial charge on any atom is 0.209 e. The number of rotatable bonds is 6. The summed E-state index contributed by atoms with van der Waals surface area (Å²) in [6.07, 6.45) is 4.37. The molecule has 0 aromatic heterocycles. The summed E-state index contributed by atoms with van der Waals surface area (Å²) in [7, 11) is -3.35. The number of sulfonamides is 1. The molecule has 3 unspecified atom stereocenters. The summed E-state index contributed by atoms with van der Waals surface area (Å²) in [5.41, 5.74) is 0. The number of hydrogen-bond donors (Lipinski definition) is 1. The fourth-order valence-corrected chi connectivity index (χ4v) is 3.32. The number of nitrogens with two attached hydrogens (primary N) is 1. The normalized spacial score (nSPS) is 29.7. The standard InChI is InChI=1S/C13H27NO3S/c1-10(2)12-6-5-11(3)9-13(12)17-7-4-8-18(14,15)16/h10-13H,4-9H2,1-3H3,(H2,14,15,16). The van der Waals surface area contributed by atoms with Gasteiger partial charge in [0.2, 0.25) is 10.0 Å².